The second-order valence-corrected chi connectivity index (χ2v) is 6.94. The highest BCUT2D eigenvalue weighted by atomic mass is 19.4. The van der Waals surface area contributed by atoms with E-state index >= 15 is 0 Å². The van der Waals surface area contributed by atoms with Crippen molar-refractivity contribution in [3.8, 4) is 0 Å². The Kier molecular flexibility index (Phi) is 7.91. The zero-order chi connectivity index (χ0) is 19.9. The van der Waals surface area contributed by atoms with Crippen LogP contribution in [0.4, 0.5) is 13.2 Å². The fourth-order valence-corrected chi connectivity index (χ4v) is 3.26. The van der Waals surface area contributed by atoms with Crippen molar-refractivity contribution in [2.45, 2.75) is 51.7 Å². The fraction of sp³-hybridized carbons (Fsp3) is 0.632. The second-order valence-electron chi connectivity index (χ2n) is 6.94. The van der Waals surface area contributed by atoms with Gasteiger partial charge in [0.05, 0.1) is 18.6 Å². The van der Waals surface area contributed by atoms with Gasteiger partial charge in [-0.3, -0.25) is 9.89 Å². The van der Waals surface area contributed by atoms with Crippen LogP contribution >= 0.6 is 0 Å². The highest BCUT2D eigenvalue weighted by Gasteiger charge is 2.26. The van der Waals surface area contributed by atoms with Gasteiger partial charge in [-0.05, 0) is 25.0 Å². The highest BCUT2D eigenvalue weighted by molar-refractivity contribution is 5.79. The zero-order valence-corrected chi connectivity index (χ0v) is 16.1. The predicted octanol–water partition coefficient (Wildman–Crippen LogP) is 2.91. The Balaban J connectivity index is 1.91. The van der Waals surface area contributed by atoms with Crippen molar-refractivity contribution < 1.29 is 17.9 Å². The molecule has 1 aromatic carbocycles. The normalized spacial score (nSPS) is 21.9. The van der Waals surface area contributed by atoms with Crippen LogP contribution in [0.25, 0.3) is 0 Å². The van der Waals surface area contributed by atoms with Gasteiger partial charge in [-0.2, -0.15) is 13.2 Å². The monoisotopic (exact) mass is 386 g/mol. The molecule has 1 aliphatic heterocycles. The van der Waals surface area contributed by atoms with E-state index in [9.17, 15) is 13.2 Å². The molecule has 1 saturated heterocycles. The van der Waals surface area contributed by atoms with Crippen LogP contribution in [0.2, 0.25) is 0 Å². The summed E-state index contributed by atoms with van der Waals surface area (Å²) in [6.45, 7) is 7.03. The maximum Gasteiger partial charge on any atom is 0.390 e. The Hall–Kier alpha value is -1.80. The number of benzene rings is 1. The van der Waals surface area contributed by atoms with Crippen molar-refractivity contribution in [1.82, 2.24) is 15.5 Å². The number of halogens is 3. The third-order valence-electron chi connectivity index (χ3n) is 4.38. The quantitative estimate of drug-likeness (QED) is 0.583. The summed E-state index contributed by atoms with van der Waals surface area (Å²) in [5.74, 6) is 0.364. The van der Waals surface area contributed by atoms with Gasteiger partial charge in [-0.1, -0.05) is 24.3 Å². The fourth-order valence-electron chi connectivity index (χ4n) is 3.26. The van der Waals surface area contributed by atoms with E-state index in [1.165, 1.54) is 5.56 Å². The lowest BCUT2D eigenvalue weighted by atomic mass is 10.1. The van der Waals surface area contributed by atoms with Crippen LogP contribution in [0.15, 0.2) is 29.3 Å². The molecule has 0 spiro atoms. The van der Waals surface area contributed by atoms with Crippen LogP contribution < -0.4 is 10.6 Å². The molecule has 1 heterocycles. The first-order valence-electron chi connectivity index (χ1n) is 9.22. The number of rotatable bonds is 6. The number of ether oxygens (including phenoxy) is 1. The van der Waals surface area contributed by atoms with E-state index in [0.717, 1.165) is 25.2 Å². The maximum absolute atomic E-state index is 12.3. The van der Waals surface area contributed by atoms with Crippen LogP contribution in [0, 0.1) is 0 Å². The van der Waals surface area contributed by atoms with Gasteiger partial charge in [0.2, 0.25) is 0 Å². The van der Waals surface area contributed by atoms with E-state index in [2.05, 4.69) is 40.4 Å². The van der Waals surface area contributed by atoms with Crippen LogP contribution in [-0.4, -0.2) is 55.9 Å². The summed E-state index contributed by atoms with van der Waals surface area (Å²) in [6.07, 6.45) is -4.66. The molecule has 1 aromatic rings. The number of nitrogens with zero attached hydrogens (tertiary/aromatic N) is 2. The molecule has 2 unspecified atom stereocenters. The minimum atomic E-state index is -4.18. The summed E-state index contributed by atoms with van der Waals surface area (Å²) in [6, 6.07) is 8.08. The van der Waals surface area contributed by atoms with E-state index < -0.39 is 12.6 Å². The molecule has 1 aliphatic rings. The van der Waals surface area contributed by atoms with E-state index in [1.807, 2.05) is 18.2 Å². The molecule has 152 valence electrons. The number of nitrogens with one attached hydrogen (secondary N) is 2. The summed E-state index contributed by atoms with van der Waals surface area (Å²) < 4.78 is 42.6. The second kappa shape index (κ2) is 9.94. The molecule has 0 saturated carbocycles. The lowest BCUT2D eigenvalue weighted by Crippen LogP contribution is -2.45. The van der Waals surface area contributed by atoms with Crippen LogP contribution in [0.1, 0.15) is 31.4 Å². The van der Waals surface area contributed by atoms with Gasteiger partial charge < -0.3 is 15.4 Å². The molecule has 0 aliphatic carbocycles. The Morgan fingerprint density at radius 1 is 1.15 bits per heavy atom. The van der Waals surface area contributed by atoms with E-state index in [1.54, 1.807) is 7.05 Å². The number of morpholine rings is 1. The lowest BCUT2D eigenvalue weighted by molar-refractivity contribution is -0.132. The van der Waals surface area contributed by atoms with Crippen molar-refractivity contribution in [3.05, 3.63) is 35.4 Å². The molecule has 2 rings (SSSR count). The van der Waals surface area contributed by atoms with E-state index in [-0.39, 0.29) is 18.8 Å². The van der Waals surface area contributed by atoms with Gasteiger partial charge in [-0.25, -0.2) is 0 Å². The summed E-state index contributed by atoms with van der Waals surface area (Å²) >= 11 is 0. The number of guanidine groups is 1. The summed E-state index contributed by atoms with van der Waals surface area (Å²) in [5.41, 5.74) is 2.29. The number of alkyl halides is 3. The van der Waals surface area contributed by atoms with E-state index in [4.69, 9.17) is 4.74 Å². The van der Waals surface area contributed by atoms with E-state index in [0.29, 0.717) is 12.5 Å². The first kappa shape index (κ1) is 21.5. The lowest BCUT2D eigenvalue weighted by Gasteiger charge is -2.35. The van der Waals surface area contributed by atoms with Crippen LogP contribution in [0.5, 0.6) is 0 Å². The van der Waals surface area contributed by atoms with Crippen molar-refractivity contribution in [3.63, 3.8) is 0 Å². The summed E-state index contributed by atoms with van der Waals surface area (Å²) in [5, 5.41) is 5.80. The third-order valence-corrected chi connectivity index (χ3v) is 4.38. The average Bonchev–Trinajstić information content (AvgIpc) is 2.57. The smallest absolute Gasteiger partial charge is 0.373 e. The largest absolute Gasteiger partial charge is 0.390 e. The standard InChI is InChI=1S/C19H29F3N4O/c1-14-11-26(12-15(2)27-14)13-17-7-5-4-6-16(17)10-25-18(23-3)24-9-8-19(20,21)22/h4-7,14-15H,8-13H2,1-3H3,(H2,23,24,25). The van der Waals surface area contributed by atoms with Crippen molar-refractivity contribution in [2.75, 3.05) is 26.7 Å². The molecule has 27 heavy (non-hydrogen) atoms. The topological polar surface area (TPSA) is 48.9 Å². The Morgan fingerprint density at radius 3 is 2.37 bits per heavy atom. The molecule has 1 fully saturated rings. The van der Waals surface area contributed by atoms with Crippen molar-refractivity contribution >= 4 is 5.96 Å². The number of hydrogen-bond acceptors (Lipinski definition) is 3. The Bertz CT molecular complexity index is 611. The number of aliphatic imine (C=N–C) groups is 1. The van der Waals surface area contributed by atoms with Crippen molar-refractivity contribution in [1.29, 1.82) is 0 Å². The van der Waals surface area contributed by atoms with Gasteiger partial charge in [0.15, 0.2) is 5.96 Å². The molecule has 2 atom stereocenters. The minimum absolute atomic E-state index is 0.200. The molecular weight excluding hydrogens is 357 g/mol. The molecule has 0 radical (unpaired) electrons. The molecule has 0 amide bonds. The summed E-state index contributed by atoms with van der Waals surface area (Å²) in [7, 11) is 1.55. The predicted molar refractivity (Wildman–Crippen MR) is 101 cm³/mol. The van der Waals surface area contributed by atoms with Gasteiger partial charge in [0.25, 0.3) is 0 Å². The molecular formula is C19H29F3N4O. The molecule has 0 bridgehead atoms. The number of hydrogen-bond donors (Lipinski definition) is 2. The van der Waals surface area contributed by atoms with Gasteiger partial charge in [0.1, 0.15) is 0 Å². The zero-order valence-electron chi connectivity index (χ0n) is 16.1. The third kappa shape index (κ3) is 7.76. The Labute approximate surface area is 159 Å². The molecule has 0 aromatic heterocycles. The SMILES string of the molecule is CN=C(NCCC(F)(F)F)NCc1ccccc1CN1CC(C)OC(C)C1. The molecule has 8 heteroatoms. The minimum Gasteiger partial charge on any atom is -0.373 e. The average molecular weight is 386 g/mol. The van der Waals surface area contributed by atoms with Gasteiger partial charge >= 0.3 is 6.18 Å². The first-order valence-corrected chi connectivity index (χ1v) is 9.22. The highest BCUT2D eigenvalue weighted by Crippen LogP contribution is 2.18. The Morgan fingerprint density at radius 2 is 1.78 bits per heavy atom. The summed E-state index contributed by atoms with van der Waals surface area (Å²) in [4.78, 5) is 6.36. The van der Waals surface area contributed by atoms with Crippen LogP contribution in [0.3, 0.4) is 0 Å². The van der Waals surface area contributed by atoms with Gasteiger partial charge in [0, 0.05) is 39.8 Å². The maximum atomic E-state index is 12.3. The molecule has 5 nitrogen and oxygen atoms in total. The molecule has 2 N–H and O–H groups in total. The van der Waals surface area contributed by atoms with Gasteiger partial charge in [-0.15, -0.1) is 0 Å². The van der Waals surface area contributed by atoms with Crippen LogP contribution in [-0.2, 0) is 17.8 Å². The van der Waals surface area contributed by atoms with Crippen molar-refractivity contribution in [2.24, 2.45) is 4.99 Å². The first-order chi connectivity index (χ1) is 12.8.